The SMILES string of the molecule is CCC(=O)N(Cc1ccc(F)cc1)C(Cc1ccccc1)C(=O)NCCCOC(C)C. The van der Waals surface area contributed by atoms with E-state index in [1.165, 1.54) is 12.1 Å². The zero-order chi connectivity index (χ0) is 22.6. The van der Waals surface area contributed by atoms with Crippen LogP contribution in [0.25, 0.3) is 0 Å². The first-order valence-corrected chi connectivity index (χ1v) is 10.9. The number of carbonyl (C=O) groups is 2. The van der Waals surface area contributed by atoms with E-state index in [0.717, 1.165) is 11.1 Å². The number of ether oxygens (including phenoxy) is 1. The van der Waals surface area contributed by atoms with E-state index in [2.05, 4.69) is 5.32 Å². The number of benzene rings is 2. The summed E-state index contributed by atoms with van der Waals surface area (Å²) in [6.07, 6.45) is 1.53. The first-order valence-electron chi connectivity index (χ1n) is 10.9. The summed E-state index contributed by atoms with van der Waals surface area (Å²) in [7, 11) is 0. The average Bonchev–Trinajstić information content (AvgIpc) is 2.77. The Labute approximate surface area is 184 Å². The monoisotopic (exact) mass is 428 g/mol. The molecule has 0 aliphatic heterocycles. The third-order valence-electron chi connectivity index (χ3n) is 4.91. The minimum Gasteiger partial charge on any atom is -0.379 e. The van der Waals surface area contributed by atoms with Gasteiger partial charge in [0.15, 0.2) is 0 Å². The van der Waals surface area contributed by atoms with Gasteiger partial charge in [-0.1, -0.05) is 49.4 Å². The second kappa shape index (κ2) is 12.8. The molecular weight excluding hydrogens is 395 g/mol. The Kier molecular flexibility index (Phi) is 10.2. The van der Waals surface area contributed by atoms with Crippen molar-refractivity contribution in [3.63, 3.8) is 0 Å². The molecular formula is C25H33FN2O3. The molecule has 0 spiro atoms. The summed E-state index contributed by atoms with van der Waals surface area (Å²) in [5.74, 6) is -0.653. The van der Waals surface area contributed by atoms with E-state index in [1.54, 1.807) is 24.0 Å². The molecule has 1 N–H and O–H groups in total. The highest BCUT2D eigenvalue weighted by Gasteiger charge is 2.29. The van der Waals surface area contributed by atoms with Crippen molar-refractivity contribution < 1.29 is 18.7 Å². The fourth-order valence-electron chi connectivity index (χ4n) is 3.26. The summed E-state index contributed by atoms with van der Waals surface area (Å²) in [4.78, 5) is 27.6. The van der Waals surface area contributed by atoms with Crippen LogP contribution in [0.15, 0.2) is 54.6 Å². The number of carbonyl (C=O) groups excluding carboxylic acids is 2. The molecule has 0 saturated carbocycles. The predicted octanol–water partition coefficient (Wildman–Crippen LogP) is 4.11. The fourth-order valence-corrected chi connectivity index (χ4v) is 3.26. The van der Waals surface area contributed by atoms with Crippen LogP contribution < -0.4 is 5.32 Å². The molecule has 2 aromatic rings. The van der Waals surface area contributed by atoms with E-state index in [1.807, 2.05) is 44.2 Å². The van der Waals surface area contributed by atoms with Crippen LogP contribution >= 0.6 is 0 Å². The second-order valence-electron chi connectivity index (χ2n) is 7.77. The van der Waals surface area contributed by atoms with Crippen LogP contribution in [0.2, 0.25) is 0 Å². The Morgan fingerprint density at radius 3 is 2.32 bits per heavy atom. The maximum absolute atomic E-state index is 13.3. The number of halogens is 1. The summed E-state index contributed by atoms with van der Waals surface area (Å²) < 4.78 is 18.8. The standard InChI is InChI=1S/C25H33FN2O3/c1-4-24(29)28(18-21-11-13-22(26)14-12-21)23(17-20-9-6-5-7-10-20)25(30)27-15-8-16-31-19(2)3/h5-7,9-14,19,23H,4,8,15-18H2,1-3H3,(H,27,30). The van der Waals surface area contributed by atoms with E-state index >= 15 is 0 Å². The molecule has 2 rings (SSSR count). The zero-order valence-electron chi connectivity index (χ0n) is 18.6. The number of rotatable bonds is 12. The topological polar surface area (TPSA) is 58.6 Å². The molecule has 1 unspecified atom stereocenters. The number of hydrogen-bond donors (Lipinski definition) is 1. The van der Waals surface area contributed by atoms with Gasteiger partial charge < -0.3 is 15.0 Å². The molecule has 0 radical (unpaired) electrons. The predicted molar refractivity (Wildman–Crippen MR) is 120 cm³/mol. The van der Waals surface area contributed by atoms with Crippen LogP contribution in [-0.2, 0) is 27.3 Å². The van der Waals surface area contributed by atoms with Gasteiger partial charge in [0, 0.05) is 32.5 Å². The van der Waals surface area contributed by atoms with Gasteiger partial charge in [0.1, 0.15) is 11.9 Å². The van der Waals surface area contributed by atoms with Crippen molar-refractivity contribution in [3.8, 4) is 0 Å². The lowest BCUT2D eigenvalue weighted by Gasteiger charge is -2.31. The summed E-state index contributed by atoms with van der Waals surface area (Å²) in [6, 6.07) is 15.0. The van der Waals surface area contributed by atoms with E-state index < -0.39 is 6.04 Å². The third-order valence-corrected chi connectivity index (χ3v) is 4.91. The van der Waals surface area contributed by atoms with E-state index in [0.29, 0.717) is 26.0 Å². The van der Waals surface area contributed by atoms with Gasteiger partial charge in [-0.3, -0.25) is 9.59 Å². The first kappa shape index (κ1) is 24.5. The Morgan fingerprint density at radius 1 is 1.03 bits per heavy atom. The van der Waals surface area contributed by atoms with Gasteiger partial charge >= 0.3 is 0 Å². The molecule has 6 heteroatoms. The van der Waals surface area contributed by atoms with Crippen LogP contribution in [-0.4, -0.2) is 42.0 Å². The smallest absolute Gasteiger partial charge is 0.243 e. The molecule has 168 valence electrons. The van der Waals surface area contributed by atoms with Crippen molar-refractivity contribution in [3.05, 3.63) is 71.5 Å². The summed E-state index contributed by atoms with van der Waals surface area (Å²) in [5, 5.41) is 2.96. The second-order valence-corrected chi connectivity index (χ2v) is 7.77. The highest BCUT2D eigenvalue weighted by Crippen LogP contribution is 2.16. The lowest BCUT2D eigenvalue weighted by atomic mass is 10.0. The molecule has 1 atom stereocenters. The molecule has 0 saturated heterocycles. The minimum absolute atomic E-state index is 0.122. The van der Waals surface area contributed by atoms with Gasteiger partial charge in [-0.05, 0) is 43.5 Å². The van der Waals surface area contributed by atoms with Gasteiger partial charge in [0.05, 0.1) is 6.10 Å². The highest BCUT2D eigenvalue weighted by molar-refractivity contribution is 5.87. The Hall–Kier alpha value is -2.73. The molecule has 0 fully saturated rings. The van der Waals surface area contributed by atoms with Gasteiger partial charge in [-0.25, -0.2) is 4.39 Å². The normalized spacial score (nSPS) is 11.9. The van der Waals surface area contributed by atoms with Crippen molar-refractivity contribution in [2.45, 2.75) is 58.7 Å². The molecule has 0 aliphatic carbocycles. The van der Waals surface area contributed by atoms with Crippen LogP contribution in [0.5, 0.6) is 0 Å². The van der Waals surface area contributed by atoms with Crippen molar-refractivity contribution >= 4 is 11.8 Å². The van der Waals surface area contributed by atoms with E-state index in [9.17, 15) is 14.0 Å². The summed E-state index contributed by atoms with van der Waals surface area (Å²) >= 11 is 0. The molecule has 0 bridgehead atoms. The third kappa shape index (κ3) is 8.50. The van der Waals surface area contributed by atoms with Crippen molar-refractivity contribution in [2.75, 3.05) is 13.2 Å². The lowest BCUT2D eigenvalue weighted by molar-refractivity contribution is -0.141. The number of amides is 2. The number of hydrogen-bond acceptors (Lipinski definition) is 3. The molecule has 0 aromatic heterocycles. The maximum atomic E-state index is 13.3. The van der Waals surface area contributed by atoms with Crippen LogP contribution in [0.1, 0.15) is 44.7 Å². The van der Waals surface area contributed by atoms with E-state index in [4.69, 9.17) is 4.74 Å². The van der Waals surface area contributed by atoms with Gasteiger partial charge in [-0.15, -0.1) is 0 Å². The molecule has 2 amide bonds. The van der Waals surface area contributed by atoms with Crippen LogP contribution in [0, 0.1) is 5.82 Å². The van der Waals surface area contributed by atoms with E-state index in [-0.39, 0.29) is 36.7 Å². The van der Waals surface area contributed by atoms with Gasteiger partial charge in [0.25, 0.3) is 0 Å². The fraction of sp³-hybridized carbons (Fsp3) is 0.440. The quantitative estimate of drug-likeness (QED) is 0.518. The average molecular weight is 429 g/mol. The van der Waals surface area contributed by atoms with Crippen molar-refractivity contribution in [2.24, 2.45) is 0 Å². The van der Waals surface area contributed by atoms with Crippen molar-refractivity contribution in [1.29, 1.82) is 0 Å². The maximum Gasteiger partial charge on any atom is 0.243 e. The molecule has 31 heavy (non-hydrogen) atoms. The summed E-state index contributed by atoms with van der Waals surface area (Å²) in [5.41, 5.74) is 1.75. The molecule has 5 nitrogen and oxygen atoms in total. The Balaban J connectivity index is 2.18. The molecule has 0 aliphatic rings. The minimum atomic E-state index is -0.661. The first-order chi connectivity index (χ1) is 14.9. The summed E-state index contributed by atoms with van der Waals surface area (Å²) in [6.45, 7) is 7.00. The van der Waals surface area contributed by atoms with Gasteiger partial charge in [0.2, 0.25) is 11.8 Å². The Bertz CT molecular complexity index is 809. The highest BCUT2D eigenvalue weighted by atomic mass is 19.1. The van der Waals surface area contributed by atoms with Crippen molar-refractivity contribution in [1.82, 2.24) is 10.2 Å². The van der Waals surface area contributed by atoms with Crippen LogP contribution in [0.4, 0.5) is 4.39 Å². The Morgan fingerprint density at radius 2 is 1.71 bits per heavy atom. The van der Waals surface area contributed by atoms with Crippen LogP contribution in [0.3, 0.4) is 0 Å². The zero-order valence-corrected chi connectivity index (χ0v) is 18.6. The molecule has 0 heterocycles. The largest absolute Gasteiger partial charge is 0.379 e. The van der Waals surface area contributed by atoms with Gasteiger partial charge in [-0.2, -0.15) is 0 Å². The molecule has 2 aromatic carbocycles. The number of nitrogens with one attached hydrogen (secondary N) is 1. The lowest BCUT2D eigenvalue weighted by Crippen LogP contribution is -2.50. The number of nitrogens with zero attached hydrogens (tertiary/aromatic N) is 1.